The normalized spacial score (nSPS) is 14.5. The SMILES string of the molecule is Cc1cc(C)c(NCc2c(C3C(c4ccccc4)=Cc4ccccc43)ccc3ccccc23)c(C)c1. The van der Waals surface area contributed by atoms with Crippen LogP contribution < -0.4 is 5.32 Å². The molecule has 0 aliphatic heterocycles. The molecular formula is C35H31N. The van der Waals surface area contributed by atoms with E-state index < -0.39 is 0 Å². The molecule has 1 nitrogen and oxygen atoms in total. The Bertz CT molecular complexity index is 1580. The van der Waals surface area contributed by atoms with Crippen molar-refractivity contribution in [1.29, 1.82) is 0 Å². The zero-order valence-electron chi connectivity index (χ0n) is 21.2. The molecule has 6 rings (SSSR count). The Kier molecular flexibility index (Phi) is 5.70. The second-order valence-corrected chi connectivity index (χ2v) is 10.0. The van der Waals surface area contributed by atoms with Crippen LogP contribution in [0, 0.1) is 20.8 Å². The van der Waals surface area contributed by atoms with Gasteiger partial charge in [0.25, 0.3) is 0 Å². The molecule has 36 heavy (non-hydrogen) atoms. The third-order valence-electron chi connectivity index (χ3n) is 7.54. The van der Waals surface area contributed by atoms with Crippen LogP contribution in [0.1, 0.15) is 50.4 Å². The molecule has 1 aliphatic rings. The van der Waals surface area contributed by atoms with E-state index in [1.54, 1.807) is 0 Å². The predicted molar refractivity (Wildman–Crippen MR) is 155 cm³/mol. The molecule has 0 spiro atoms. The van der Waals surface area contributed by atoms with Gasteiger partial charge in [0.2, 0.25) is 0 Å². The number of hydrogen-bond acceptors (Lipinski definition) is 1. The van der Waals surface area contributed by atoms with Crippen molar-refractivity contribution in [2.75, 3.05) is 5.32 Å². The third-order valence-corrected chi connectivity index (χ3v) is 7.54. The van der Waals surface area contributed by atoms with Gasteiger partial charge in [-0.15, -0.1) is 0 Å². The van der Waals surface area contributed by atoms with Crippen LogP contribution in [0.3, 0.4) is 0 Å². The summed E-state index contributed by atoms with van der Waals surface area (Å²) in [6.45, 7) is 7.36. The fourth-order valence-electron chi connectivity index (χ4n) is 6.00. The summed E-state index contributed by atoms with van der Waals surface area (Å²) in [5.41, 5.74) is 13.3. The first-order chi connectivity index (χ1) is 17.6. The van der Waals surface area contributed by atoms with Gasteiger partial charge in [-0.3, -0.25) is 0 Å². The number of rotatable bonds is 5. The molecule has 5 aromatic rings. The molecule has 5 aromatic carbocycles. The van der Waals surface area contributed by atoms with Gasteiger partial charge >= 0.3 is 0 Å². The Labute approximate surface area is 214 Å². The van der Waals surface area contributed by atoms with E-state index in [4.69, 9.17) is 0 Å². The molecule has 1 heteroatoms. The second kappa shape index (κ2) is 9.17. The molecule has 1 unspecified atom stereocenters. The van der Waals surface area contributed by atoms with Gasteiger partial charge in [-0.05, 0) is 82.1 Å². The molecule has 0 radical (unpaired) electrons. The smallest absolute Gasteiger partial charge is 0.0410 e. The van der Waals surface area contributed by atoms with Crippen LogP contribution in [-0.2, 0) is 6.54 Å². The number of nitrogens with one attached hydrogen (secondary N) is 1. The maximum atomic E-state index is 3.84. The highest BCUT2D eigenvalue weighted by Gasteiger charge is 2.29. The van der Waals surface area contributed by atoms with Crippen molar-refractivity contribution in [3.8, 4) is 0 Å². The van der Waals surface area contributed by atoms with Crippen molar-refractivity contribution in [3.63, 3.8) is 0 Å². The molecule has 1 N–H and O–H groups in total. The lowest BCUT2D eigenvalue weighted by Gasteiger charge is -2.24. The zero-order chi connectivity index (χ0) is 24.6. The first-order valence-corrected chi connectivity index (χ1v) is 12.8. The standard InChI is InChI=1S/C35H31N/c1-23-19-24(2)35(25(3)20-23)36-22-33-29-15-9-7-13-27(29)17-18-31(33)34-30-16-10-8-14-28(30)21-32(34)26-11-5-4-6-12-26/h4-21,34,36H,22H2,1-3H3. The lowest BCUT2D eigenvalue weighted by atomic mass is 9.81. The fraction of sp³-hybridized carbons (Fsp3) is 0.143. The average molecular weight is 466 g/mol. The Morgan fingerprint density at radius 2 is 1.36 bits per heavy atom. The Balaban J connectivity index is 1.52. The zero-order valence-corrected chi connectivity index (χ0v) is 21.2. The van der Waals surface area contributed by atoms with E-state index >= 15 is 0 Å². The van der Waals surface area contributed by atoms with Gasteiger partial charge in [0.15, 0.2) is 0 Å². The van der Waals surface area contributed by atoms with E-state index in [2.05, 4.69) is 135 Å². The van der Waals surface area contributed by atoms with Crippen LogP contribution in [0.25, 0.3) is 22.4 Å². The Morgan fingerprint density at radius 3 is 2.17 bits per heavy atom. The average Bonchev–Trinajstić information content (AvgIpc) is 3.28. The van der Waals surface area contributed by atoms with Crippen LogP contribution in [0.15, 0.2) is 103 Å². The Hall–Kier alpha value is -4.10. The van der Waals surface area contributed by atoms with Crippen LogP contribution in [0.5, 0.6) is 0 Å². The molecule has 0 saturated carbocycles. The molecule has 0 amide bonds. The van der Waals surface area contributed by atoms with Crippen molar-refractivity contribution in [3.05, 3.63) is 148 Å². The number of fused-ring (bicyclic) bond motifs is 2. The molecule has 0 fully saturated rings. The second-order valence-electron chi connectivity index (χ2n) is 10.0. The van der Waals surface area contributed by atoms with Gasteiger partial charge in [0.1, 0.15) is 0 Å². The van der Waals surface area contributed by atoms with Gasteiger partial charge in [0.05, 0.1) is 0 Å². The number of anilines is 1. The first kappa shape index (κ1) is 22.4. The summed E-state index contributed by atoms with van der Waals surface area (Å²) in [5.74, 6) is 0.199. The number of allylic oxidation sites excluding steroid dienone is 1. The Morgan fingerprint density at radius 1 is 0.667 bits per heavy atom. The van der Waals surface area contributed by atoms with E-state index in [0.717, 1.165) is 6.54 Å². The highest BCUT2D eigenvalue weighted by atomic mass is 14.9. The summed E-state index contributed by atoms with van der Waals surface area (Å²) in [5, 5.41) is 6.45. The van der Waals surface area contributed by atoms with Crippen molar-refractivity contribution in [2.24, 2.45) is 0 Å². The molecule has 176 valence electrons. The lowest BCUT2D eigenvalue weighted by molar-refractivity contribution is 1.01. The van der Waals surface area contributed by atoms with Crippen LogP contribution in [0.2, 0.25) is 0 Å². The van der Waals surface area contributed by atoms with Gasteiger partial charge in [-0.1, -0.05) is 109 Å². The summed E-state index contributed by atoms with van der Waals surface area (Å²) in [6, 6.07) is 37.7. The van der Waals surface area contributed by atoms with Crippen LogP contribution >= 0.6 is 0 Å². The van der Waals surface area contributed by atoms with Gasteiger partial charge in [-0.2, -0.15) is 0 Å². The maximum absolute atomic E-state index is 3.84. The maximum Gasteiger partial charge on any atom is 0.0410 e. The van der Waals surface area contributed by atoms with Crippen LogP contribution in [0.4, 0.5) is 5.69 Å². The van der Waals surface area contributed by atoms with Crippen molar-refractivity contribution < 1.29 is 0 Å². The van der Waals surface area contributed by atoms with E-state index in [-0.39, 0.29) is 5.92 Å². The monoisotopic (exact) mass is 465 g/mol. The van der Waals surface area contributed by atoms with Crippen molar-refractivity contribution in [1.82, 2.24) is 0 Å². The summed E-state index contributed by atoms with van der Waals surface area (Å²) in [7, 11) is 0. The summed E-state index contributed by atoms with van der Waals surface area (Å²) in [6.07, 6.45) is 2.38. The molecule has 0 bridgehead atoms. The van der Waals surface area contributed by atoms with Gasteiger partial charge in [0, 0.05) is 18.2 Å². The number of hydrogen-bond donors (Lipinski definition) is 1. The summed E-state index contributed by atoms with van der Waals surface area (Å²) in [4.78, 5) is 0. The van der Waals surface area contributed by atoms with Crippen LogP contribution in [-0.4, -0.2) is 0 Å². The van der Waals surface area contributed by atoms with E-state index in [0.29, 0.717) is 0 Å². The molecule has 0 heterocycles. The van der Waals surface area contributed by atoms with Crippen molar-refractivity contribution >= 4 is 28.1 Å². The fourth-order valence-corrected chi connectivity index (χ4v) is 6.00. The van der Waals surface area contributed by atoms with E-state index in [1.165, 1.54) is 66.5 Å². The summed E-state index contributed by atoms with van der Waals surface area (Å²) < 4.78 is 0. The molecule has 1 aliphatic carbocycles. The first-order valence-electron chi connectivity index (χ1n) is 12.8. The highest BCUT2D eigenvalue weighted by Crippen LogP contribution is 2.47. The van der Waals surface area contributed by atoms with Gasteiger partial charge < -0.3 is 5.32 Å². The number of benzene rings is 5. The number of aryl methyl sites for hydroxylation is 3. The topological polar surface area (TPSA) is 12.0 Å². The minimum absolute atomic E-state index is 0.199. The molecular weight excluding hydrogens is 434 g/mol. The molecule has 0 saturated heterocycles. The molecule has 0 aromatic heterocycles. The largest absolute Gasteiger partial charge is 0.381 e. The minimum Gasteiger partial charge on any atom is -0.381 e. The summed E-state index contributed by atoms with van der Waals surface area (Å²) >= 11 is 0. The quantitative estimate of drug-likeness (QED) is 0.273. The van der Waals surface area contributed by atoms with E-state index in [9.17, 15) is 0 Å². The molecule has 1 atom stereocenters. The lowest BCUT2D eigenvalue weighted by Crippen LogP contribution is -2.10. The van der Waals surface area contributed by atoms with Gasteiger partial charge in [-0.25, -0.2) is 0 Å². The predicted octanol–water partition coefficient (Wildman–Crippen LogP) is 9.06. The third kappa shape index (κ3) is 3.91. The highest BCUT2D eigenvalue weighted by molar-refractivity contribution is 5.96. The van der Waals surface area contributed by atoms with E-state index in [1.807, 2.05) is 0 Å². The van der Waals surface area contributed by atoms with Crippen molar-refractivity contribution in [2.45, 2.75) is 33.2 Å². The minimum atomic E-state index is 0.199.